The van der Waals surface area contributed by atoms with E-state index in [1.54, 1.807) is 24.5 Å². The Morgan fingerprint density at radius 1 is 1.00 bits per heavy atom. The molecule has 2 aromatic rings. The number of hydrogen-bond donors (Lipinski definition) is 0. The van der Waals surface area contributed by atoms with Crippen LogP contribution in [0.25, 0.3) is 11.1 Å². The fourth-order valence-corrected chi connectivity index (χ4v) is 1.94. The Labute approximate surface area is 110 Å². The summed E-state index contributed by atoms with van der Waals surface area (Å²) in [6.07, 6.45) is -1.11. The fourth-order valence-electron chi connectivity index (χ4n) is 1.44. The number of pyridine rings is 1. The highest BCUT2D eigenvalue weighted by Crippen LogP contribution is 2.32. The maximum atomic E-state index is 12.5. The average molecular weight is 349 g/mol. The van der Waals surface area contributed by atoms with Crippen LogP contribution in [-0.4, -0.2) is 4.98 Å². The van der Waals surface area contributed by atoms with Crippen molar-refractivity contribution >= 4 is 22.6 Å². The molecule has 0 aliphatic carbocycles. The first-order valence-corrected chi connectivity index (χ1v) is 5.83. The maximum Gasteiger partial charge on any atom is 0.416 e. The summed E-state index contributed by atoms with van der Waals surface area (Å²) in [5.41, 5.74) is 0.558. The molecule has 1 aromatic carbocycles. The van der Waals surface area contributed by atoms with Crippen molar-refractivity contribution in [2.75, 3.05) is 0 Å². The molecule has 0 radical (unpaired) electrons. The molecule has 0 amide bonds. The molecule has 17 heavy (non-hydrogen) atoms. The molecule has 0 aliphatic heterocycles. The summed E-state index contributed by atoms with van der Waals surface area (Å²) in [7, 11) is 0. The lowest BCUT2D eigenvalue weighted by Gasteiger charge is -2.08. The van der Waals surface area contributed by atoms with Crippen molar-refractivity contribution in [2.45, 2.75) is 6.18 Å². The van der Waals surface area contributed by atoms with Crippen molar-refractivity contribution in [2.24, 2.45) is 0 Å². The Hall–Kier alpha value is -1.11. The summed E-state index contributed by atoms with van der Waals surface area (Å²) in [6, 6.07) is 7.03. The van der Waals surface area contributed by atoms with Gasteiger partial charge in [0.2, 0.25) is 0 Å². The van der Waals surface area contributed by atoms with Crippen LogP contribution >= 0.6 is 22.6 Å². The molecule has 1 nitrogen and oxygen atoms in total. The number of aromatic nitrogens is 1. The zero-order valence-corrected chi connectivity index (χ0v) is 10.7. The van der Waals surface area contributed by atoms with E-state index in [0.29, 0.717) is 11.1 Å². The molecule has 0 N–H and O–H groups in total. The largest absolute Gasteiger partial charge is 0.416 e. The molecule has 0 aliphatic rings. The minimum absolute atomic E-state index is 0.519. The third-order valence-electron chi connectivity index (χ3n) is 2.23. The van der Waals surface area contributed by atoms with Gasteiger partial charge in [0.15, 0.2) is 0 Å². The Kier molecular flexibility index (Phi) is 3.37. The predicted molar refractivity (Wildman–Crippen MR) is 67.4 cm³/mol. The molecule has 2 rings (SSSR count). The first-order valence-electron chi connectivity index (χ1n) is 4.75. The predicted octanol–water partition coefficient (Wildman–Crippen LogP) is 4.37. The number of hydrogen-bond acceptors (Lipinski definition) is 1. The number of halogens is 4. The SMILES string of the molecule is FC(F)(F)c1cccc(-c2cncc(I)c2)c1. The molecule has 0 saturated heterocycles. The van der Waals surface area contributed by atoms with Gasteiger partial charge in [0.1, 0.15) is 0 Å². The van der Waals surface area contributed by atoms with E-state index in [1.165, 1.54) is 6.07 Å². The van der Waals surface area contributed by atoms with Crippen LogP contribution in [0.2, 0.25) is 0 Å². The molecule has 1 aromatic heterocycles. The summed E-state index contributed by atoms with van der Waals surface area (Å²) in [4.78, 5) is 3.96. The van der Waals surface area contributed by atoms with Crippen molar-refractivity contribution in [1.29, 1.82) is 0 Å². The molecule has 5 heteroatoms. The Bertz CT molecular complexity index is 537. The van der Waals surface area contributed by atoms with Crippen LogP contribution in [0.1, 0.15) is 5.56 Å². The van der Waals surface area contributed by atoms with Crippen molar-refractivity contribution < 1.29 is 13.2 Å². The second kappa shape index (κ2) is 4.64. The first-order chi connectivity index (χ1) is 7.97. The van der Waals surface area contributed by atoms with Gasteiger partial charge in [-0.1, -0.05) is 12.1 Å². The molecular weight excluding hydrogens is 342 g/mol. The van der Waals surface area contributed by atoms with Gasteiger partial charge in [-0.3, -0.25) is 4.98 Å². The average Bonchev–Trinajstić information content (AvgIpc) is 2.28. The second-order valence-electron chi connectivity index (χ2n) is 3.47. The van der Waals surface area contributed by atoms with Gasteiger partial charge in [-0.2, -0.15) is 13.2 Å². The quantitative estimate of drug-likeness (QED) is 0.697. The summed E-state index contributed by atoms with van der Waals surface area (Å²) >= 11 is 2.07. The van der Waals surface area contributed by atoms with E-state index in [4.69, 9.17) is 0 Å². The van der Waals surface area contributed by atoms with Gasteiger partial charge in [-0.15, -0.1) is 0 Å². The van der Waals surface area contributed by atoms with Crippen molar-refractivity contribution in [1.82, 2.24) is 4.98 Å². The highest BCUT2D eigenvalue weighted by atomic mass is 127. The van der Waals surface area contributed by atoms with Gasteiger partial charge < -0.3 is 0 Å². The molecule has 0 saturated carbocycles. The summed E-state index contributed by atoms with van der Waals surface area (Å²) in [5, 5.41) is 0. The maximum absolute atomic E-state index is 12.5. The number of benzene rings is 1. The molecule has 0 fully saturated rings. The van der Waals surface area contributed by atoms with Gasteiger partial charge in [0.25, 0.3) is 0 Å². The highest BCUT2D eigenvalue weighted by molar-refractivity contribution is 14.1. The summed E-state index contributed by atoms with van der Waals surface area (Å²) < 4.78 is 38.5. The van der Waals surface area contributed by atoms with E-state index < -0.39 is 11.7 Å². The van der Waals surface area contributed by atoms with Crippen molar-refractivity contribution in [3.63, 3.8) is 0 Å². The Morgan fingerprint density at radius 3 is 2.41 bits per heavy atom. The Balaban J connectivity index is 2.47. The zero-order valence-electron chi connectivity index (χ0n) is 8.50. The van der Waals surface area contributed by atoms with Gasteiger partial charge in [-0.25, -0.2) is 0 Å². The molecular formula is C12H7F3IN. The van der Waals surface area contributed by atoms with Crippen molar-refractivity contribution in [3.05, 3.63) is 51.9 Å². The van der Waals surface area contributed by atoms with Crippen LogP contribution in [0.4, 0.5) is 13.2 Å². The van der Waals surface area contributed by atoms with Gasteiger partial charge in [-0.05, 0) is 46.4 Å². The lowest BCUT2D eigenvalue weighted by atomic mass is 10.0. The molecule has 0 atom stereocenters. The third kappa shape index (κ3) is 2.96. The normalized spacial score (nSPS) is 11.5. The minimum atomic E-state index is -4.31. The van der Waals surface area contributed by atoms with Crippen LogP contribution in [0, 0.1) is 3.57 Å². The minimum Gasteiger partial charge on any atom is -0.263 e. The number of rotatable bonds is 1. The van der Waals surface area contributed by atoms with Crippen molar-refractivity contribution in [3.8, 4) is 11.1 Å². The molecule has 0 spiro atoms. The number of alkyl halides is 3. The third-order valence-corrected chi connectivity index (χ3v) is 2.82. The summed E-state index contributed by atoms with van der Waals surface area (Å²) in [6.45, 7) is 0. The van der Waals surface area contributed by atoms with Crippen LogP contribution in [-0.2, 0) is 6.18 Å². The lowest BCUT2D eigenvalue weighted by molar-refractivity contribution is -0.137. The van der Waals surface area contributed by atoms with Crippen LogP contribution in [0.5, 0.6) is 0 Å². The van der Waals surface area contributed by atoms with Crippen LogP contribution in [0.15, 0.2) is 42.7 Å². The van der Waals surface area contributed by atoms with E-state index in [1.807, 2.05) is 0 Å². The van der Waals surface area contributed by atoms with E-state index in [-0.39, 0.29) is 0 Å². The lowest BCUT2D eigenvalue weighted by Crippen LogP contribution is -2.04. The second-order valence-corrected chi connectivity index (χ2v) is 4.72. The van der Waals surface area contributed by atoms with Crippen LogP contribution < -0.4 is 0 Å². The molecule has 88 valence electrons. The molecule has 0 bridgehead atoms. The van der Waals surface area contributed by atoms with Gasteiger partial charge in [0.05, 0.1) is 5.56 Å². The Morgan fingerprint density at radius 2 is 1.76 bits per heavy atom. The van der Waals surface area contributed by atoms with E-state index in [2.05, 4.69) is 27.6 Å². The van der Waals surface area contributed by atoms with Gasteiger partial charge >= 0.3 is 6.18 Å². The van der Waals surface area contributed by atoms with E-state index in [0.717, 1.165) is 15.7 Å². The zero-order chi connectivity index (χ0) is 12.5. The topological polar surface area (TPSA) is 12.9 Å². The first kappa shape index (κ1) is 12.3. The molecule has 1 heterocycles. The smallest absolute Gasteiger partial charge is 0.263 e. The van der Waals surface area contributed by atoms with Gasteiger partial charge in [0, 0.05) is 21.5 Å². The van der Waals surface area contributed by atoms with Crippen LogP contribution in [0.3, 0.4) is 0 Å². The number of nitrogens with zero attached hydrogens (tertiary/aromatic N) is 1. The van der Waals surface area contributed by atoms with E-state index in [9.17, 15) is 13.2 Å². The fraction of sp³-hybridized carbons (Fsp3) is 0.0833. The highest BCUT2D eigenvalue weighted by Gasteiger charge is 2.30. The summed E-state index contributed by atoms with van der Waals surface area (Å²) in [5.74, 6) is 0. The standard InChI is InChI=1S/C12H7F3IN/c13-12(14,15)10-3-1-2-8(4-10)9-5-11(16)7-17-6-9/h1-7H. The van der Waals surface area contributed by atoms with E-state index >= 15 is 0 Å². The monoisotopic (exact) mass is 349 g/mol. The molecule has 0 unspecified atom stereocenters.